The molecule has 1 aliphatic heterocycles. The van der Waals surface area contributed by atoms with E-state index >= 15 is 0 Å². The normalized spacial score (nSPS) is 22.8. The first kappa shape index (κ1) is 6.48. The summed E-state index contributed by atoms with van der Waals surface area (Å²) in [4.78, 5) is 11.5. The molecule has 0 aromatic carbocycles. The smallest absolute Gasteiger partial charge is 0.250 e. The van der Waals surface area contributed by atoms with Crippen LogP contribution >= 0.6 is 11.3 Å². The van der Waals surface area contributed by atoms with Crippen molar-refractivity contribution in [1.82, 2.24) is 0 Å². The second-order valence-electron chi connectivity index (χ2n) is 3.36. The minimum absolute atomic E-state index is 0.133. The van der Waals surface area contributed by atoms with Crippen LogP contribution in [0.5, 0.6) is 0 Å². The van der Waals surface area contributed by atoms with Crippen LogP contribution < -0.4 is 10.6 Å². The number of anilines is 2. The minimum Gasteiger partial charge on any atom is -0.369 e. The van der Waals surface area contributed by atoms with Gasteiger partial charge in [-0.05, 0) is 12.8 Å². The number of rotatable bonds is 0. The maximum atomic E-state index is 11.5. The first-order chi connectivity index (χ1) is 5.80. The van der Waals surface area contributed by atoms with Crippen LogP contribution in [0.1, 0.15) is 12.8 Å². The summed E-state index contributed by atoms with van der Waals surface area (Å²) in [5, 5.41) is 10.2. The fourth-order valence-electron chi connectivity index (χ4n) is 1.52. The quantitative estimate of drug-likeness (QED) is 0.637. The Morgan fingerprint density at radius 2 is 2.08 bits per heavy atom. The number of carbonyl (C=O) groups is 1. The molecule has 1 spiro atoms. The van der Waals surface area contributed by atoms with E-state index in [1.807, 2.05) is 10.8 Å². The Balaban J connectivity index is 2.07. The second kappa shape index (κ2) is 1.82. The van der Waals surface area contributed by atoms with E-state index in [1.54, 1.807) is 11.3 Å². The summed E-state index contributed by atoms with van der Waals surface area (Å²) in [6.45, 7) is 0. The minimum atomic E-state index is -0.242. The summed E-state index contributed by atoms with van der Waals surface area (Å²) in [5.41, 5.74) is 1.77. The zero-order valence-corrected chi connectivity index (χ0v) is 7.20. The summed E-state index contributed by atoms with van der Waals surface area (Å²) in [7, 11) is 0. The van der Waals surface area contributed by atoms with Crippen molar-refractivity contribution in [2.24, 2.45) is 0 Å². The molecular formula is C8H8N2OS. The van der Waals surface area contributed by atoms with Crippen molar-refractivity contribution in [1.29, 1.82) is 0 Å². The highest BCUT2D eigenvalue weighted by Gasteiger charge is 2.52. The van der Waals surface area contributed by atoms with E-state index in [4.69, 9.17) is 0 Å². The number of fused-ring (bicyclic) bond motifs is 1. The molecule has 0 radical (unpaired) electrons. The van der Waals surface area contributed by atoms with Crippen LogP contribution in [0.15, 0.2) is 10.8 Å². The average molecular weight is 180 g/mol. The summed E-state index contributed by atoms with van der Waals surface area (Å²) in [6.07, 6.45) is 1.93. The van der Waals surface area contributed by atoms with Crippen molar-refractivity contribution >= 4 is 28.6 Å². The summed E-state index contributed by atoms with van der Waals surface area (Å²) in [5.74, 6) is 0.133. The van der Waals surface area contributed by atoms with Gasteiger partial charge in [0.25, 0.3) is 0 Å². The maximum Gasteiger partial charge on any atom is 0.250 e. The van der Waals surface area contributed by atoms with Gasteiger partial charge in [-0.15, -0.1) is 11.3 Å². The Bertz CT molecular complexity index is 354. The van der Waals surface area contributed by atoms with Gasteiger partial charge in [-0.2, -0.15) is 0 Å². The molecule has 1 saturated carbocycles. The molecule has 1 fully saturated rings. The van der Waals surface area contributed by atoms with Crippen LogP contribution in [0.2, 0.25) is 0 Å². The highest BCUT2D eigenvalue weighted by molar-refractivity contribution is 7.09. The van der Waals surface area contributed by atoms with Crippen LogP contribution in [-0.2, 0) is 4.79 Å². The van der Waals surface area contributed by atoms with Gasteiger partial charge in [0.2, 0.25) is 5.91 Å². The first-order valence-electron chi connectivity index (χ1n) is 3.96. The van der Waals surface area contributed by atoms with Crippen molar-refractivity contribution in [2.45, 2.75) is 18.4 Å². The second-order valence-corrected chi connectivity index (χ2v) is 4.10. The van der Waals surface area contributed by atoms with Gasteiger partial charge in [0, 0.05) is 10.8 Å². The van der Waals surface area contributed by atoms with Crippen molar-refractivity contribution in [3.63, 3.8) is 0 Å². The molecule has 62 valence electrons. The molecule has 1 aromatic rings. The molecule has 2 N–H and O–H groups in total. The predicted molar refractivity (Wildman–Crippen MR) is 48.5 cm³/mol. The van der Waals surface area contributed by atoms with Gasteiger partial charge in [0.1, 0.15) is 5.54 Å². The molecular weight excluding hydrogens is 172 g/mol. The largest absolute Gasteiger partial charge is 0.369 e. The first-order valence-corrected chi connectivity index (χ1v) is 4.90. The number of hydrogen-bond donors (Lipinski definition) is 2. The monoisotopic (exact) mass is 180 g/mol. The fourth-order valence-corrected chi connectivity index (χ4v) is 2.24. The molecule has 2 heterocycles. The number of carbonyl (C=O) groups excluding carboxylic acids is 1. The Kier molecular flexibility index (Phi) is 0.985. The van der Waals surface area contributed by atoms with E-state index in [9.17, 15) is 4.79 Å². The SMILES string of the molecule is O=C1Nc2cscc2NC12CC2. The summed E-state index contributed by atoms with van der Waals surface area (Å²) >= 11 is 1.61. The molecule has 1 amide bonds. The average Bonchev–Trinajstić information content (AvgIpc) is 2.67. The third-order valence-electron chi connectivity index (χ3n) is 2.47. The molecule has 1 aliphatic carbocycles. The van der Waals surface area contributed by atoms with E-state index in [0.29, 0.717) is 0 Å². The van der Waals surface area contributed by atoms with Crippen LogP contribution in [-0.4, -0.2) is 11.4 Å². The van der Waals surface area contributed by atoms with Crippen LogP contribution in [0.25, 0.3) is 0 Å². The lowest BCUT2D eigenvalue weighted by Gasteiger charge is -2.23. The van der Waals surface area contributed by atoms with Crippen molar-refractivity contribution < 1.29 is 4.79 Å². The van der Waals surface area contributed by atoms with Gasteiger partial charge in [-0.1, -0.05) is 0 Å². The van der Waals surface area contributed by atoms with E-state index in [-0.39, 0.29) is 11.4 Å². The van der Waals surface area contributed by atoms with E-state index in [1.165, 1.54) is 0 Å². The zero-order valence-electron chi connectivity index (χ0n) is 6.39. The lowest BCUT2D eigenvalue weighted by Crippen LogP contribution is -2.40. The molecule has 12 heavy (non-hydrogen) atoms. The molecule has 3 nitrogen and oxygen atoms in total. The van der Waals surface area contributed by atoms with Gasteiger partial charge in [0.15, 0.2) is 0 Å². The van der Waals surface area contributed by atoms with Crippen LogP contribution in [0.3, 0.4) is 0 Å². The molecule has 2 aliphatic rings. The number of nitrogens with one attached hydrogen (secondary N) is 2. The van der Waals surface area contributed by atoms with E-state index < -0.39 is 0 Å². The highest BCUT2D eigenvalue weighted by atomic mass is 32.1. The van der Waals surface area contributed by atoms with Gasteiger partial charge >= 0.3 is 0 Å². The third kappa shape index (κ3) is 0.679. The molecule has 4 heteroatoms. The van der Waals surface area contributed by atoms with E-state index in [2.05, 4.69) is 10.6 Å². The van der Waals surface area contributed by atoms with Crippen LogP contribution in [0, 0.1) is 0 Å². The molecule has 3 rings (SSSR count). The lowest BCUT2D eigenvalue weighted by atomic mass is 10.2. The number of amides is 1. The Labute approximate surface area is 73.8 Å². The van der Waals surface area contributed by atoms with E-state index in [0.717, 1.165) is 24.2 Å². The highest BCUT2D eigenvalue weighted by Crippen LogP contribution is 2.45. The topological polar surface area (TPSA) is 41.1 Å². The van der Waals surface area contributed by atoms with Gasteiger partial charge < -0.3 is 10.6 Å². The summed E-state index contributed by atoms with van der Waals surface area (Å²) in [6, 6.07) is 0. The summed E-state index contributed by atoms with van der Waals surface area (Å²) < 4.78 is 0. The lowest BCUT2D eigenvalue weighted by molar-refractivity contribution is -0.117. The predicted octanol–water partition coefficient (Wildman–Crippen LogP) is 1.64. The number of thiophene rings is 1. The molecule has 0 unspecified atom stereocenters. The Morgan fingerprint density at radius 3 is 2.83 bits per heavy atom. The zero-order chi connectivity index (χ0) is 8.18. The van der Waals surface area contributed by atoms with Gasteiger partial charge in [0.05, 0.1) is 11.4 Å². The molecule has 0 bridgehead atoms. The third-order valence-corrected chi connectivity index (χ3v) is 3.21. The number of hydrogen-bond acceptors (Lipinski definition) is 3. The van der Waals surface area contributed by atoms with Crippen LogP contribution in [0.4, 0.5) is 11.4 Å². The Hall–Kier alpha value is -1.03. The van der Waals surface area contributed by atoms with Gasteiger partial charge in [-0.3, -0.25) is 4.79 Å². The Morgan fingerprint density at radius 1 is 1.33 bits per heavy atom. The standard InChI is InChI=1S/C8H8N2OS/c11-7-8(1-2-8)10-6-4-12-3-5(6)9-7/h3-4,10H,1-2H2,(H,9,11). The fraction of sp³-hybridized carbons (Fsp3) is 0.375. The van der Waals surface area contributed by atoms with Crippen molar-refractivity contribution in [3.8, 4) is 0 Å². The molecule has 0 atom stereocenters. The van der Waals surface area contributed by atoms with Crippen molar-refractivity contribution in [2.75, 3.05) is 10.6 Å². The van der Waals surface area contributed by atoms with Gasteiger partial charge in [-0.25, -0.2) is 0 Å². The molecule has 0 saturated heterocycles. The maximum absolute atomic E-state index is 11.5. The molecule has 1 aromatic heterocycles. The van der Waals surface area contributed by atoms with Crippen molar-refractivity contribution in [3.05, 3.63) is 10.8 Å².